The van der Waals surface area contributed by atoms with E-state index in [1.54, 1.807) is 10.9 Å². The summed E-state index contributed by atoms with van der Waals surface area (Å²) in [5.41, 5.74) is 2.47. The van der Waals surface area contributed by atoms with Gasteiger partial charge in [-0.3, -0.25) is 0 Å². The minimum atomic E-state index is -2.62. The van der Waals surface area contributed by atoms with E-state index in [4.69, 9.17) is 8.42 Å². The van der Waals surface area contributed by atoms with Crippen LogP contribution in [0.3, 0.4) is 0 Å². The number of aromatic nitrogens is 3. The third-order valence-electron chi connectivity index (χ3n) is 2.67. The van der Waals surface area contributed by atoms with Crippen LogP contribution in [0.1, 0.15) is 31.7 Å². The number of aryl methyl sites for hydroxylation is 1. The van der Waals surface area contributed by atoms with Crippen molar-refractivity contribution >= 4 is 10.9 Å². The number of hydrogen-bond donors (Lipinski definition) is 2. The van der Waals surface area contributed by atoms with Gasteiger partial charge < -0.3 is 0 Å². The first-order chi connectivity index (χ1) is 9.63. The lowest BCUT2D eigenvalue weighted by Crippen LogP contribution is -1.96. The Morgan fingerprint density at radius 2 is 2.05 bits per heavy atom. The monoisotopic (exact) mass is 296 g/mol. The van der Waals surface area contributed by atoms with Crippen LogP contribution in [0.4, 0.5) is 0 Å². The van der Waals surface area contributed by atoms with Crippen LogP contribution in [0.15, 0.2) is 36.7 Å². The van der Waals surface area contributed by atoms with E-state index in [2.05, 4.69) is 46.6 Å². The van der Waals surface area contributed by atoms with E-state index in [1.807, 2.05) is 6.20 Å². The van der Waals surface area contributed by atoms with Gasteiger partial charge in [-0.25, -0.2) is 18.2 Å². The Labute approximate surface area is 120 Å². The topological polar surface area (TPSA) is 90.9 Å². The molecule has 2 rings (SSSR count). The zero-order valence-corrected chi connectivity index (χ0v) is 12.4. The van der Waals surface area contributed by atoms with Gasteiger partial charge >= 0.3 is 0 Å². The van der Waals surface area contributed by atoms with Crippen molar-refractivity contribution in [3.05, 3.63) is 42.2 Å². The van der Waals surface area contributed by atoms with Crippen molar-refractivity contribution in [3.8, 4) is 5.69 Å². The molecule has 0 aliphatic rings. The highest BCUT2D eigenvalue weighted by atomic mass is 32.2. The van der Waals surface area contributed by atoms with Gasteiger partial charge in [0.2, 0.25) is 0 Å². The van der Waals surface area contributed by atoms with Crippen LogP contribution < -0.4 is 5.14 Å². The molecule has 0 saturated carbocycles. The molecule has 0 spiro atoms. The van der Waals surface area contributed by atoms with Crippen LogP contribution in [0.5, 0.6) is 0 Å². The molecule has 0 amide bonds. The second-order valence-corrected chi connectivity index (χ2v) is 4.83. The number of rotatable bonds is 5. The Morgan fingerprint density at radius 1 is 1.30 bits per heavy atom. The van der Waals surface area contributed by atoms with Crippen molar-refractivity contribution in [2.75, 3.05) is 0 Å². The standard InChI is InChI=1S/C13H17N3.H3NO2S/c1-2-3-4-6-12-7-5-8-13(11-12)16-10-9-14-15-16;1-4(2)3/h5,7-11H,2-4,6H2,1H3;4H,(H2,1,2,3). The molecule has 0 aliphatic heterocycles. The molecule has 0 aliphatic carbocycles. The van der Waals surface area contributed by atoms with Gasteiger partial charge in [0.25, 0.3) is 0 Å². The third kappa shape index (κ3) is 6.44. The molecule has 1 heterocycles. The summed E-state index contributed by atoms with van der Waals surface area (Å²) >= 11 is 0. The third-order valence-corrected chi connectivity index (χ3v) is 2.67. The molecule has 0 bridgehead atoms. The van der Waals surface area contributed by atoms with E-state index in [1.165, 1.54) is 24.8 Å². The maximum absolute atomic E-state index is 8.81. The summed E-state index contributed by atoms with van der Waals surface area (Å²) in [5, 5.41) is 11.9. The first kappa shape index (κ1) is 16.3. The number of thiol groups is 1. The zero-order valence-electron chi connectivity index (χ0n) is 11.5. The van der Waals surface area contributed by atoms with Crippen LogP contribution in [0.2, 0.25) is 0 Å². The highest BCUT2D eigenvalue weighted by Gasteiger charge is 1.98. The van der Waals surface area contributed by atoms with Gasteiger partial charge in [0.05, 0.1) is 18.1 Å². The lowest BCUT2D eigenvalue weighted by molar-refractivity contribution is 0.616. The summed E-state index contributed by atoms with van der Waals surface area (Å²) in [6.07, 6.45) is 8.54. The van der Waals surface area contributed by atoms with Crippen molar-refractivity contribution in [3.63, 3.8) is 0 Å². The molecule has 20 heavy (non-hydrogen) atoms. The average molecular weight is 296 g/mol. The second kappa shape index (κ2) is 9.22. The van der Waals surface area contributed by atoms with E-state index in [0.29, 0.717) is 0 Å². The van der Waals surface area contributed by atoms with Crippen molar-refractivity contribution in [2.45, 2.75) is 32.6 Å². The van der Waals surface area contributed by atoms with E-state index in [9.17, 15) is 0 Å². The first-order valence-corrected chi connectivity index (χ1v) is 7.73. The van der Waals surface area contributed by atoms with E-state index < -0.39 is 10.9 Å². The minimum absolute atomic E-state index is 1.09. The lowest BCUT2D eigenvalue weighted by Gasteiger charge is -2.04. The maximum Gasteiger partial charge on any atom is 0.198 e. The first-order valence-electron chi connectivity index (χ1n) is 6.48. The van der Waals surface area contributed by atoms with Gasteiger partial charge in [0, 0.05) is 0 Å². The molecule has 0 unspecified atom stereocenters. The minimum Gasteiger partial charge on any atom is -0.231 e. The van der Waals surface area contributed by atoms with E-state index in [-0.39, 0.29) is 0 Å². The highest BCUT2D eigenvalue weighted by Crippen LogP contribution is 2.12. The fourth-order valence-electron chi connectivity index (χ4n) is 1.78. The quantitative estimate of drug-likeness (QED) is 0.645. The average Bonchev–Trinajstić information content (AvgIpc) is 2.93. The summed E-state index contributed by atoms with van der Waals surface area (Å²) in [4.78, 5) is 0. The van der Waals surface area contributed by atoms with Crippen LogP contribution in [-0.2, 0) is 17.3 Å². The second-order valence-electron chi connectivity index (χ2n) is 4.26. The molecule has 2 N–H and O–H groups in total. The molecule has 2 aromatic rings. The van der Waals surface area contributed by atoms with Crippen molar-refractivity contribution in [1.82, 2.24) is 15.0 Å². The van der Waals surface area contributed by atoms with E-state index >= 15 is 0 Å². The molecule has 0 fully saturated rings. The van der Waals surface area contributed by atoms with Crippen LogP contribution >= 0.6 is 0 Å². The smallest absolute Gasteiger partial charge is 0.198 e. The molecule has 6 nitrogen and oxygen atoms in total. The van der Waals surface area contributed by atoms with Crippen molar-refractivity contribution in [1.29, 1.82) is 0 Å². The Kier molecular flexibility index (Phi) is 7.52. The maximum atomic E-state index is 8.81. The van der Waals surface area contributed by atoms with Gasteiger partial charge in [-0.05, 0) is 30.5 Å². The molecule has 0 atom stereocenters. The summed E-state index contributed by atoms with van der Waals surface area (Å²) in [6.45, 7) is 2.23. The number of nitrogens with zero attached hydrogens (tertiary/aromatic N) is 3. The Bertz CT molecular complexity index is 560. The number of hydrogen-bond acceptors (Lipinski definition) is 4. The highest BCUT2D eigenvalue weighted by molar-refractivity contribution is 7.69. The van der Waals surface area contributed by atoms with Gasteiger partial charge in [0.1, 0.15) is 0 Å². The summed E-state index contributed by atoms with van der Waals surface area (Å²) < 4.78 is 19.4. The summed E-state index contributed by atoms with van der Waals surface area (Å²) in [6, 6.07) is 8.50. The van der Waals surface area contributed by atoms with Crippen LogP contribution in [0.25, 0.3) is 5.69 Å². The van der Waals surface area contributed by atoms with Gasteiger partial charge in [-0.1, -0.05) is 37.1 Å². The van der Waals surface area contributed by atoms with Gasteiger partial charge in [-0.2, -0.15) is 0 Å². The Hall–Kier alpha value is -1.73. The largest absolute Gasteiger partial charge is 0.231 e. The molecule has 7 heteroatoms. The predicted molar refractivity (Wildman–Crippen MR) is 79.1 cm³/mol. The normalized spacial score (nSPS) is 10.2. The summed E-state index contributed by atoms with van der Waals surface area (Å²) in [5.74, 6) is 0. The molecule has 0 saturated heterocycles. The molecular formula is C13H20N4O2S. The van der Waals surface area contributed by atoms with Crippen molar-refractivity contribution < 1.29 is 8.42 Å². The van der Waals surface area contributed by atoms with Crippen molar-refractivity contribution in [2.24, 2.45) is 5.14 Å². The Morgan fingerprint density at radius 3 is 2.65 bits per heavy atom. The predicted octanol–water partition coefficient (Wildman–Crippen LogP) is 1.47. The Balaban J connectivity index is 0.000000444. The van der Waals surface area contributed by atoms with Gasteiger partial charge in [-0.15, -0.1) is 5.10 Å². The molecule has 0 radical (unpaired) electrons. The van der Waals surface area contributed by atoms with Gasteiger partial charge in [0.15, 0.2) is 10.9 Å². The SMILES string of the molecule is CCCCCc1cccc(-n2ccnn2)c1.N[SH](=O)=O. The van der Waals surface area contributed by atoms with E-state index in [0.717, 1.165) is 12.1 Å². The van der Waals surface area contributed by atoms with Crippen LogP contribution in [-0.4, -0.2) is 23.4 Å². The fourth-order valence-corrected chi connectivity index (χ4v) is 1.78. The summed E-state index contributed by atoms with van der Waals surface area (Å²) in [7, 11) is -2.62. The van der Waals surface area contributed by atoms with Crippen LogP contribution in [0, 0.1) is 0 Å². The molecule has 1 aromatic heterocycles. The number of benzene rings is 1. The number of nitrogens with two attached hydrogens (primary N) is 1. The molecule has 110 valence electrons. The molecule has 1 aromatic carbocycles. The lowest BCUT2D eigenvalue weighted by atomic mass is 10.1. The fraction of sp³-hybridized carbons (Fsp3) is 0.385. The number of unbranched alkanes of at least 4 members (excludes halogenated alkanes) is 2. The zero-order chi connectivity index (χ0) is 14.8. The molecular weight excluding hydrogens is 276 g/mol.